The van der Waals surface area contributed by atoms with Gasteiger partial charge in [-0.2, -0.15) is 0 Å². The van der Waals surface area contributed by atoms with Gasteiger partial charge in [0.25, 0.3) is 5.56 Å². The number of methoxy groups -OCH3 is 2. The molecule has 1 fully saturated rings. The van der Waals surface area contributed by atoms with Gasteiger partial charge in [-0.05, 0) is 51.3 Å². The van der Waals surface area contributed by atoms with Crippen molar-refractivity contribution in [3.63, 3.8) is 0 Å². The van der Waals surface area contributed by atoms with Crippen molar-refractivity contribution in [2.75, 3.05) is 20.8 Å². The first kappa shape index (κ1) is 20.9. The molecule has 8 nitrogen and oxygen atoms in total. The SMILES string of the molecule is COc1cc([C@H]2SC(C)=Nc3c2c(=O)[nH]n3[C@H]2CCOC(C)(C)C2)cc(OC)c1O. The smallest absolute Gasteiger partial charge is 0.271 e. The van der Waals surface area contributed by atoms with Gasteiger partial charge >= 0.3 is 0 Å². The first-order valence-corrected chi connectivity index (χ1v) is 10.8. The summed E-state index contributed by atoms with van der Waals surface area (Å²) in [7, 11) is 2.97. The molecule has 2 aliphatic rings. The summed E-state index contributed by atoms with van der Waals surface area (Å²) in [5.74, 6) is 1.20. The Labute approximate surface area is 179 Å². The molecule has 1 aromatic heterocycles. The molecule has 162 valence electrons. The number of phenolic OH excluding ortho intramolecular Hbond substituents is 1. The van der Waals surface area contributed by atoms with E-state index >= 15 is 0 Å². The molecule has 3 heterocycles. The van der Waals surface area contributed by atoms with Gasteiger partial charge in [-0.3, -0.25) is 14.6 Å². The van der Waals surface area contributed by atoms with Crippen LogP contribution in [0.25, 0.3) is 0 Å². The van der Waals surface area contributed by atoms with E-state index in [1.165, 1.54) is 26.0 Å². The topological polar surface area (TPSA) is 98.1 Å². The van der Waals surface area contributed by atoms with E-state index in [-0.39, 0.29) is 28.2 Å². The highest BCUT2D eigenvalue weighted by molar-refractivity contribution is 8.14. The third-order valence-corrected chi connectivity index (χ3v) is 6.77. The average Bonchev–Trinajstić information content (AvgIpc) is 3.03. The molecule has 2 aliphatic heterocycles. The molecule has 2 atom stereocenters. The largest absolute Gasteiger partial charge is 0.502 e. The molecule has 0 spiro atoms. The monoisotopic (exact) mass is 433 g/mol. The standard InChI is InChI=1S/C21H27N3O5S/c1-11-22-19-16(20(26)23-24(19)13-6-7-29-21(2,3)10-13)18(30-11)12-8-14(27-4)17(25)15(9-12)28-5/h8-9,13,18,25H,6-7,10H2,1-5H3,(H,23,26)/t13-,18+/m0/s1. The maximum absolute atomic E-state index is 13.1. The number of aromatic hydroxyl groups is 1. The molecule has 9 heteroatoms. The Hall–Kier alpha value is -2.39. The first-order chi connectivity index (χ1) is 14.2. The molecule has 30 heavy (non-hydrogen) atoms. The molecule has 1 saturated heterocycles. The number of aliphatic imine (C=N–C) groups is 1. The molecule has 0 saturated carbocycles. The van der Waals surface area contributed by atoms with Gasteiger partial charge in [0.15, 0.2) is 17.3 Å². The van der Waals surface area contributed by atoms with E-state index in [2.05, 4.69) is 18.9 Å². The highest BCUT2D eigenvalue weighted by Gasteiger charge is 2.36. The lowest BCUT2D eigenvalue weighted by Gasteiger charge is -2.36. The van der Waals surface area contributed by atoms with Crippen LogP contribution in [0.2, 0.25) is 0 Å². The summed E-state index contributed by atoms with van der Waals surface area (Å²) in [4.78, 5) is 17.8. The summed E-state index contributed by atoms with van der Waals surface area (Å²) in [6.07, 6.45) is 1.60. The van der Waals surface area contributed by atoms with Crippen molar-refractivity contribution in [3.05, 3.63) is 33.6 Å². The summed E-state index contributed by atoms with van der Waals surface area (Å²) in [5.41, 5.74) is 0.993. The summed E-state index contributed by atoms with van der Waals surface area (Å²) in [6, 6.07) is 3.59. The second-order valence-electron chi connectivity index (χ2n) is 8.21. The van der Waals surface area contributed by atoms with Gasteiger partial charge in [0.05, 0.1) is 41.7 Å². The summed E-state index contributed by atoms with van der Waals surface area (Å²) in [5, 5.41) is 13.9. The number of hydrogen-bond donors (Lipinski definition) is 2. The molecule has 1 aromatic carbocycles. The van der Waals surface area contributed by atoms with Crippen LogP contribution in [0.3, 0.4) is 0 Å². The van der Waals surface area contributed by atoms with Crippen LogP contribution in [0, 0.1) is 0 Å². The van der Waals surface area contributed by atoms with Crippen molar-refractivity contribution in [1.29, 1.82) is 0 Å². The fraction of sp³-hybridized carbons (Fsp3) is 0.524. The Kier molecular flexibility index (Phi) is 5.36. The van der Waals surface area contributed by atoms with Gasteiger partial charge in [-0.15, -0.1) is 0 Å². The molecular formula is C21H27N3O5S. The third kappa shape index (κ3) is 3.60. The van der Waals surface area contributed by atoms with Crippen LogP contribution in [0.5, 0.6) is 17.2 Å². The number of benzene rings is 1. The average molecular weight is 434 g/mol. The van der Waals surface area contributed by atoms with Crippen molar-refractivity contribution in [2.45, 2.75) is 50.5 Å². The van der Waals surface area contributed by atoms with E-state index in [0.29, 0.717) is 29.5 Å². The van der Waals surface area contributed by atoms with Gasteiger partial charge in [0.1, 0.15) is 0 Å². The summed E-state index contributed by atoms with van der Waals surface area (Å²) in [6.45, 7) is 6.70. The van der Waals surface area contributed by atoms with Crippen LogP contribution in [0.15, 0.2) is 21.9 Å². The summed E-state index contributed by atoms with van der Waals surface area (Å²) < 4.78 is 18.4. The molecule has 0 amide bonds. The minimum atomic E-state index is -0.293. The highest BCUT2D eigenvalue weighted by atomic mass is 32.2. The van der Waals surface area contributed by atoms with Crippen molar-refractivity contribution < 1.29 is 19.3 Å². The number of nitrogens with one attached hydrogen (secondary N) is 1. The number of thioether (sulfide) groups is 1. The van der Waals surface area contributed by atoms with Crippen LogP contribution in [-0.2, 0) is 4.74 Å². The quantitative estimate of drug-likeness (QED) is 0.759. The fourth-order valence-corrected chi connectivity index (χ4v) is 5.28. The van der Waals surface area contributed by atoms with Crippen molar-refractivity contribution in [3.8, 4) is 17.2 Å². The second kappa shape index (κ2) is 7.70. The van der Waals surface area contributed by atoms with Crippen LogP contribution in [0.1, 0.15) is 56.0 Å². The van der Waals surface area contributed by atoms with E-state index in [9.17, 15) is 9.90 Å². The Morgan fingerprint density at radius 3 is 2.57 bits per heavy atom. The van der Waals surface area contributed by atoms with Crippen LogP contribution >= 0.6 is 11.8 Å². The predicted octanol–water partition coefficient (Wildman–Crippen LogP) is 3.92. The maximum Gasteiger partial charge on any atom is 0.271 e. The molecule has 0 unspecified atom stereocenters. The molecular weight excluding hydrogens is 406 g/mol. The fourth-order valence-electron chi connectivity index (χ4n) is 4.19. The Bertz CT molecular complexity index is 1030. The Morgan fingerprint density at radius 1 is 1.30 bits per heavy atom. The number of rotatable bonds is 4. The number of phenols is 1. The van der Waals surface area contributed by atoms with E-state index < -0.39 is 0 Å². The number of H-pyrrole nitrogens is 1. The lowest BCUT2D eigenvalue weighted by Crippen LogP contribution is -2.35. The molecule has 0 aliphatic carbocycles. The minimum absolute atomic E-state index is 0.0638. The first-order valence-electron chi connectivity index (χ1n) is 9.89. The third-order valence-electron chi connectivity index (χ3n) is 5.59. The number of fused-ring (bicyclic) bond motifs is 1. The predicted molar refractivity (Wildman–Crippen MR) is 117 cm³/mol. The van der Waals surface area contributed by atoms with Gasteiger partial charge in [-0.1, -0.05) is 11.8 Å². The van der Waals surface area contributed by atoms with E-state index in [0.717, 1.165) is 23.4 Å². The number of hydrogen-bond acceptors (Lipinski definition) is 7. The Morgan fingerprint density at radius 2 is 1.97 bits per heavy atom. The molecule has 2 N–H and O–H groups in total. The second-order valence-corrected chi connectivity index (χ2v) is 9.50. The van der Waals surface area contributed by atoms with E-state index in [4.69, 9.17) is 19.2 Å². The van der Waals surface area contributed by atoms with E-state index in [1.54, 1.807) is 12.1 Å². The summed E-state index contributed by atoms with van der Waals surface area (Å²) >= 11 is 1.50. The van der Waals surface area contributed by atoms with Gasteiger partial charge in [-0.25, -0.2) is 4.99 Å². The van der Waals surface area contributed by atoms with Gasteiger partial charge in [0.2, 0.25) is 5.75 Å². The normalized spacial score (nSPS) is 22.9. The van der Waals surface area contributed by atoms with Crippen LogP contribution in [0.4, 0.5) is 5.82 Å². The maximum atomic E-state index is 13.1. The van der Waals surface area contributed by atoms with Crippen LogP contribution < -0.4 is 15.0 Å². The number of aromatic amines is 1. The van der Waals surface area contributed by atoms with Crippen molar-refractivity contribution in [1.82, 2.24) is 9.78 Å². The number of ether oxygens (including phenoxy) is 3. The van der Waals surface area contributed by atoms with Crippen molar-refractivity contribution >= 4 is 22.6 Å². The molecule has 0 radical (unpaired) electrons. The van der Waals surface area contributed by atoms with Gasteiger partial charge < -0.3 is 19.3 Å². The van der Waals surface area contributed by atoms with E-state index in [1.807, 2.05) is 11.6 Å². The zero-order valence-corrected chi connectivity index (χ0v) is 18.6. The lowest BCUT2D eigenvalue weighted by molar-refractivity contribution is -0.0705. The molecule has 0 bridgehead atoms. The Balaban J connectivity index is 1.82. The highest BCUT2D eigenvalue weighted by Crippen LogP contribution is 2.48. The molecule has 2 aromatic rings. The molecule has 4 rings (SSSR count). The number of aromatic nitrogens is 2. The minimum Gasteiger partial charge on any atom is -0.502 e. The zero-order chi connectivity index (χ0) is 21.6. The van der Waals surface area contributed by atoms with Crippen molar-refractivity contribution in [2.24, 2.45) is 4.99 Å². The lowest BCUT2D eigenvalue weighted by atomic mass is 9.94. The number of nitrogens with zero attached hydrogens (tertiary/aromatic N) is 2. The zero-order valence-electron chi connectivity index (χ0n) is 17.8. The van der Waals surface area contributed by atoms with Crippen LogP contribution in [-0.4, -0.2) is 46.4 Å². The van der Waals surface area contributed by atoms with Gasteiger partial charge in [0, 0.05) is 6.61 Å².